The molecule has 1 aliphatic heterocycles. The molecule has 7 heteroatoms. The van der Waals surface area contributed by atoms with Crippen molar-refractivity contribution in [1.82, 2.24) is 9.88 Å². The van der Waals surface area contributed by atoms with E-state index in [1.807, 2.05) is 24.4 Å². The lowest BCUT2D eigenvalue weighted by atomic mass is 10.0. The van der Waals surface area contributed by atoms with Crippen molar-refractivity contribution in [3.8, 4) is 0 Å². The van der Waals surface area contributed by atoms with E-state index >= 15 is 0 Å². The quantitative estimate of drug-likeness (QED) is 0.613. The third-order valence-electron chi connectivity index (χ3n) is 5.31. The lowest BCUT2D eigenvalue weighted by Crippen LogP contribution is -2.44. The van der Waals surface area contributed by atoms with Gasteiger partial charge in [-0.3, -0.25) is 9.78 Å². The van der Waals surface area contributed by atoms with Crippen LogP contribution in [0.3, 0.4) is 0 Å². The summed E-state index contributed by atoms with van der Waals surface area (Å²) in [7, 11) is 0. The van der Waals surface area contributed by atoms with Crippen LogP contribution in [0.15, 0.2) is 59.3 Å². The summed E-state index contributed by atoms with van der Waals surface area (Å²) < 4.78 is 14.6. The zero-order valence-corrected chi connectivity index (χ0v) is 17.3. The molecule has 4 rings (SSSR count). The second kappa shape index (κ2) is 8.47. The number of pyridine rings is 1. The second-order valence-electron chi connectivity index (χ2n) is 7.25. The average Bonchev–Trinajstić information content (AvgIpc) is 2.73. The first-order valence-electron chi connectivity index (χ1n) is 9.53. The molecule has 0 aliphatic carbocycles. The van der Waals surface area contributed by atoms with Gasteiger partial charge in [0.05, 0.1) is 0 Å². The highest BCUT2D eigenvalue weighted by Gasteiger charge is 2.29. The van der Waals surface area contributed by atoms with E-state index in [9.17, 15) is 14.3 Å². The van der Waals surface area contributed by atoms with E-state index in [2.05, 4.69) is 32.3 Å². The van der Waals surface area contributed by atoms with Gasteiger partial charge in [-0.25, -0.2) is 4.39 Å². The van der Waals surface area contributed by atoms with E-state index in [4.69, 9.17) is 0 Å². The smallest absolute Gasteiger partial charge is 0.256 e. The number of aliphatic hydroxyl groups is 1. The minimum atomic E-state index is -1.48. The number of carbonyl (C=O) groups excluding carboxylic acids is 1. The van der Waals surface area contributed by atoms with E-state index in [1.165, 1.54) is 12.1 Å². The first-order valence-corrected chi connectivity index (χ1v) is 10.3. The normalized spacial score (nSPS) is 16.0. The first kappa shape index (κ1) is 19.8. The second-order valence-corrected chi connectivity index (χ2v) is 8.17. The average molecular weight is 458 g/mol. The van der Waals surface area contributed by atoms with E-state index < -0.39 is 17.8 Å². The number of fused-ring (bicyclic) bond motifs is 1. The Morgan fingerprint density at radius 2 is 1.97 bits per heavy atom. The predicted molar refractivity (Wildman–Crippen MR) is 114 cm³/mol. The van der Waals surface area contributed by atoms with Crippen LogP contribution in [0.1, 0.15) is 24.5 Å². The van der Waals surface area contributed by atoms with E-state index in [1.54, 1.807) is 17.2 Å². The van der Waals surface area contributed by atoms with Crippen LogP contribution in [0.4, 0.5) is 10.1 Å². The molecule has 150 valence electrons. The molecule has 1 atom stereocenters. The number of rotatable bonds is 4. The first-order chi connectivity index (χ1) is 14.0. The van der Waals surface area contributed by atoms with Crippen molar-refractivity contribution in [3.63, 3.8) is 0 Å². The number of benzene rings is 2. The summed E-state index contributed by atoms with van der Waals surface area (Å²) in [6, 6.07) is 12.7. The fourth-order valence-electron chi connectivity index (χ4n) is 3.68. The molecule has 5 nitrogen and oxygen atoms in total. The highest BCUT2D eigenvalue weighted by Crippen LogP contribution is 2.25. The molecule has 1 aliphatic rings. The van der Waals surface area contributed by atoms with Crippen LogP contribution in [-0.2, 0) is 4.79 Å². The molecule has 0 radical (unpaired) electrons. The lowest BCUT2D eigenvalue weighted by Gasteiger charge is -2.34. The number of nitrogens with one attached hydrogen (secondary N) is 1. The molecule has 2 aromatic carbocycles. The van der Waals surface area contributed by atoms with E-state index in [-0.39, 0.29) is 11.6 Å². The topological polar surface area (TPSA) is 65.5 Å². The number of nitrogens with zero attached hydrogens (tertiary/aromatic N) is 2. The molecule has 1 aromatic heterocycles. The zero-order valence-electron chi connectivity index (χ0n) is 15.7. The number of aliphatic hydroxyl groups excluding tert-OH is 1. The minimum Gasteiger partial charge on any atom is -0.382 e. The van der Waals surface area contributed by atoms with Crippen molar-refractivity contribution in [3.05, 3.63) is 70.7 Å². The van der Waals surface area contributed by atoms with Gasteiger partial charge in [-0.05, 0) is 48.6 Å². The summed E-state index contributed by atoms with van der Waals surface area (Å²) in [5.74, 6) is -1.05. The molecule has 2 N–H and O–H groups in total. The minimum absolute atomic E-state index is 0.00380. The Hall–Kier alpha value is -2.51. The Morgan fingerprint density at radius 1 is 1.17 bits per heavy atom. The number of likely N-dealkylation sites (tertiary alicyclic amines) is 1. The molecule has 1 amide bonds. The number of carbonyl (C=O) groups is 1. The van der Waals surface area contributed by atoms with Crippen LogP contribution in [0.2, 0.25) is 0 Å². The van der Waals surface area contributed by atoms with Crippen LogP contribution in [0.25, 0.3) is 10.8 Å². The van der Waals surface area contributed by atoms with Crippen LogP contribution in [0.5, 0.6) is 0 Å². The third-order valence-corrected chi connectivity index (χ3v) is 5.80. The van der Waals surface area contributed by atoms with Crippen molar-refractivity contribution in [1.29, 1.82) is 0 Å². The van der Waals surface area contributed by atoms with Crippen LogP contribution in [0, 0.1) is 5.82 Å². The summed E-state index contributed by atoms with van der Waals surface area (Å²) in [6.45, 7) is 1.03. The summed E-state index contributed by atoms with van der Waals surface area (Å²) in [5, 5.41) is 16.1. The van der Waals surface area contributed by atoms with E-state index in [0.717, 1.165) is 29.3 Å². The van der Waals surface area contributed by atoms with Crippen LogP contribution >= 0.6 is 15.9 Å². The SMILES string of the molecule is O=C(C(O)c1ccc(Br)cc1F)N1CCC(Nc2ccc3cnccc3c2)CC1. The number of anilines is 1. The highest BCUT2D eigenvalue weighted by molar-refractivity contribution is 9.10. The molecular formula is C22H21BrFN3O2. The molecule has 1 unspecified atom stereocenters. The molecule has 1 fully saturated rings. The van der Waals surface area contributed by atoms with Gasteiger partial charge in [-0.15, -0.1) is 0 Å². The van der Waals surface area contributed by atoms with Gasteiger partial charge < -0.3 is 15.3 Å². The van der Waals surface area contributed by atoms with Crippen LogP contribution in [-0.4, -0.2) is 40.0 Å². The van der Waals surface area contributed by atoms with Gasteiger partial charge >= 0.3 is 0 Å². The molecule has 1 saturated heterocycles. The Bertz CT molecular complexity index is 1040. The maximum Gasteiger partial charge on any atom is 0.256 e. The number of halogens is 2. The lowest BCUT2D eigenvalue weighted by molar-refractivity contribution is -0.141. The summed E-state index contributed by atoms with van der Waals surface area (Å²) in [4.78, 5) is 18.4. The fraction of sp³-hybridized carbons (Fsp3) is 0.273. The van der Waals surface area contributed by atoms with Crippen LogP contribution < -0.4 is 5.32 Å². The van der Waals surface area contributed by atoms with Gasteiger partial charge in [-0.1, -0.05) is 28.1 Å². The van der Waals surface area contributed by atoms with Gasteiger partial charge in [-0.2, -0.15) is 0 Å². The highest BCUT2D eigenvalue weighted by atomic mass is 79.9. The van der Waals surface area contributed by atoms with Crippen molar-refractivity contribution in [2.75, 3.05) is 18.4 Å². The van der Waals surface area contributed by atoms with E-state index in [0.29, 0.717) is 17.6 Å². The summed E-state index contributed by atoms with van der Waals surface area (Å²) in [5.41, 5.74) is 1.04. The standard InChI is InChI=1S/C22H21BrFN3O2/c23-16-2-4-19(20(24)12-16)21(28)22(29)27-9-6-17(7-10-27)26-18-3-1-15-13-25-8-5-14(15)11-18/h1-5,8,11-13,17,21,26,28H,6-7,9-10H2. The molecule has 3 aromatic rings. The van der Waals surface area contributed by atoms with Crippen molar-refractivity contribution >= 4 is 38.3 Å². The maximum atomic E-state index is 14.1. The fourth-order valence-corrected chi connectivity index (χ4v) is 4.02. The van der Waals surface area contributed by atoms with Gasteiger partial charge in [0, 0.05) is 52.6 Å². The zero-order chi connectivity index (χ0) is 20.4. The third kappa shape index (κ3) is 4.41. The summed E-state index contributed by atoms with van der Waals surface area (Å²) >= 11 is 3.18. The summed E-state index contributed by atoms with van der Waals surface area (Å²) in [6.07, 6.45) is 3.64. The molecule has 0 saturated carbocycles. The molecular weight excluding hydrogens is 437 g/mol. The molecule has 0 spiro atoms. The van der Waals surface area contributed by atoms with Crippen molar-refractivity contribution in [2.24, 2.45) is 0 Å². The number of amides is 1. The van der Waals surface area contributed by atoms with Crippen molar-refractivity contribution in [2.45, 2.75) is 25.0 Å². The molecule has 29 heavy (non-hydrogen) atoms. The maximum absolute atomic E-state index is 14.1. The van der Waals surface area contributed by atoms with Gasteiger partial charge in [0.2, 0.25) is 0 Å². The Balaban J connectivity index is 1.36. The Morgan fingerprint density at radius 3 is 2.72 bits per heavy atom. The number of hydrogen-bond acceptors (Lipinski definition) is 4. The Kier molecular flexibility index (Phi) is 5.78. The predicted octanol–water partition coefficient (Wildman–Crippen LogP) is 4.27. The number of aromatic nitrogens is 1. The van der Waals surface area contributed by atoms with Gasteiger partial charge in [0.25, 0.3) is 5.91 Å². The monoisotopic (exact) mass is 457 g/mol. The largest absolute Gasteiger partial charge is 0.382 e. The van der Waals surface area contributed by atoms with Crippen molar-refractivity contribution < 1.29 is 14.3 Å². The van der Waals surface area contributed by atoms with Gasteiger partial charge in [0.1, 0.15) is 5.82 Å². The molecule has 2 heterocycles. The number of hydrogen-bond donors (Lipinski definition) is 2. The Labute approximate surface area is 176 Å². The number of piperidine rings is 1. The van der Waals surface area contributed by atoms with Gasteiger partial charge in [0.15, 0.2) is 6.10 Å². The molecule has 0 bridgehead atoms.